The van der Waals surface area contributed by atoms with E-state index < -0.39 is 0 Å². The van der Waals surface area contributed by atoms with E-state index in [0.29, 0.717) is 24.2 Å². The Labute approximate surface area is 129 Å². The number of anilines is 1. The second-order valence-corrected chi connectivity index (χ2v) is 5.50. The molecule has 0 aliphatic carbocycles. The molecule has 6 nitrogen and oxygen atoms in total. The van der Waals surface area contributed by atoms with Crippen LogP contribution in [0.2, 0.25) is 0 Å². The normalized spacial score (nSPS) is 12.2. The van der Waals surface area contributed by atoms with Crippen LogP contribution in [-0.2, 0) is 11.8 Å². The van der Waals surface area contributed by atoms with Crippen LogP contribution in [0.15, 0.2) is 35.1 Å². The number of para-hydroxylation sites is 1. The number of aromatic nitrogens is 2. The van der Waals surface area contributed by atoms with Gasteiger partial charge in [-0.2, -0.15) is 0 Å². The lowest BCUT2D eigenvalue weighted by molar-refractivity contribution is -0.116. The Balaban J connectivity index is 2.31. The number of hydrogen-bond donors (Lipinski definition) is 2. The van der Waals surface area contributed by atoms with E-state index in [9.17, 15) is 9.59 Å². The highest BCUT2D eigenvalue weighted by Crippen LogP contribution is 2.14. The molecule has 1 aromatic carbocycles. The summed E-state index contributed by atoms with van der Waals surface area (Å²) >= 11 is 0. The molecule has 118 valence electrons. The van der Waals surface area contributed by atoms with E-state index in [-0.39, 0.29) is 17.5 Å². The lowest BCUT2D eigenvalue weighted by atomic mass is 10.2. The molecule has 0 fully saturated rings. The molecule has 0 saturated carbocycles. The Morgan fingerprint density at radius 3 is 2.55 bits per heavy atom. The zero-order valence-corrected chi connectivity index (χ0v) is 13.2. The number of nitrogens with one attached hydrogen (secondary N) is 1. The summed E-state index contributed by atoms with van der Waals surface area (Å²) in [5, 5.41) is 2.72. The van der Waals surface area contributed by atoms with Crippen molar-refractivity contribution in [1.29, 1.82) is 0 Å². The largest absolute Gasteiger partial charge is 0.328 e. The predicted molar refractivity (Wildman–Crippen MR) is 87.3 cm³/mol. The minimum absolute atomic E-state index is 0.0383. The Kier molecular flexibility index (Phi) is 4.82. The molecule has 22 heavy (non-hydrogen) atoms. The molecule has 1 unspecified atom stereocenters. The second-order valence-electron chi connectivity index (χ2n) is 5.50. The Hall–Kier alpha value is -2.34. The maximum atomic E-state index is 12.6. The zero-order chi connectivity index (χ0) is 16.3. The number of carbonyl (C=O) groups is 1. The number of nitrogens with zero attached hydrogens (tertiary/aromatic N) is 2. The molecule has 1 heterocycles. The summed E-state index contributed by atoms with van der Waals surface area (Å²) in [5.74, 6) is -0.191. The second kappa shape index (κ2) is 6.62. The van der Waals surface area contributed by atoms with Crippen LogP contribution in [0, 0.1) is 6.92 Å². The first kappa shape index (κ1) is 16.0. The summed E-state index contributed by atoms with van der Waals surface area (Å²) in [7, 11) is 1.79. The van der Waals surface area contributed by atoms with Crippen LogP contribution in [0.3, 0.4) is 0 Å². The first-order valence-electron chi connectivity index (χ1n) is 7.31. The third-order valence-electron chi connectivity index (χ3n) is 3.65. The van der Waals surface area contributed by atoms with Crippen molar-refractivity contribution < 1.29 is 4.79 Å². The number of rotatable bonds is 5. The van der Waals surface area contributed by atoms with E-state index in [2.05, 4.69) is 5.32 Å². The van der Waals surface area contributed by atoms with E-state index in [4.69, 9.17) is 5.73 Å². The summed E-state index contributed by atoms with van der Waals surface area (Å²) in [4.78, 5) is 24.5. The van der Waals surface area contributed by atoms with Crippen molar-refractivity contribution in [2.75, 3.05) is 5.32 Å². The summed E-state index contributed by atoms with van der Waals surface area (Å²) in [6, 6.07) is 9.28. The molecule has 1 atom stereocenters. The van der Waals surface area contributed by atoms with Crippen LogP contribution >= 0.6 is 0 Å². The molecule has 1 aromatic heterocycles. The molecule has 0 aliphatic heterocycles. The third-order valence-corrected chi connectivity index (χ3v) is 3.65. The molecule has 2 aromatic rings. The van der Waals surface area contributed by atoms with Crippen LogP contribution < -0.4 is 16.6 Å². The summed E-state index contributed by atoms with van der Waals surface area (Å²) < 4.78 is 3.27. The van der Waals surface area contributed by atoms with Gasteiger partial charge in [0.25, 0.3) is 5.56 Å². The molecule has 0 radical (unpaired) electrons. The monoisotopic (exact) mass is 302 g/mol. The minimum Gasteiger partial charge on any atom is -0.328 e. The van der Waals surface area contributed by atoms with Crippen molar-refractivity contribution in [2.45, 2.75) is 32.7 Å². The number of benzene rings is 1. The summed E-state index contributed by atoms with van der Waals surface area (Å²) in [6.07, 6.45) is 0.890. The van der Waals surface area contributed by atoms with Gasteiger partial charge in [0.2, 0.25) is 5.91 Å². The van der Waals surface area contributed by atoms with Crippen LogP contribution in [0.25, 0.3) is 5.69 Å². The van der Waals surface area contributed by atoms with Gasteiger partial charge in [-0.15, -0.1) is 0 Å². The summed E-state index contributed by atoms with van der Waals surface area (Å²) in [6.45, 7) is 3.66. The van der Waals surface area contributed by atoms with Gasteiger partial charge < -0.3 is 11.1 Å². The Morgan fingerprint density at radius 1 is 1.32 bits per heavy atom. The average molecular weight is 302 g/mol. The molecule has 0 aliphatic rings. The molecule has 0 saturated heterocycles. The van der Waals surface area contributed by atoms with Crippen LogP contribution in [0.4, 0.5) is 5.69 Å². The van der Waals surface area contributed by atoms with Crippen LogP contribution in [0.1, 0.15) is 25.5 Å². The zero-order valence-electron chi connectivity index (χ0n) is 13.2. The quantitative estimate of drug-likeness (QED) is 0.879. The molecule has 3 N–H and O–H groups in total. The predicted octanol–water partition coefficient (Wildman–Crippen LogP) is 1.55. The molecule has 0 bridgehead atoms. The standard InChI is InChI=1S/C16H22N4O2/c1-11(17)9-10-14(21)18-15-12(2)19(3)20(16(15)22)13-7-5-4-6-8-13/h4-8,11H,9-10,17H2,1-3H3,(H,18,21). The molecular weight excluding hydrogens is 280 g/mol. The van der Waals surface area contributed by atoms with E-state index in [0.717, 1.165) is 5.69 Å². The molecule has 0 spiro atoms. The number of amides is 1. The van der Waals surface area contributed by atoms with Gasteiger partial charge >= 0.3 is 0 Å². The number of hydrogen-bond acceptors (Lipinski definition) is 3. The van der Waals surface area contributed by atoms with Crippen molar-refractivity contribution in [3.8, 4) is 5.69 Å². The fourth-order valence-electron chi connectivity index (χ4n) is 2.27. The van der Waals surface area contributed by atoms with Crippen molar-refractivity contribution in [2.24, 2.45) is 12.8 Å². The van der Waals surface area contributed by atoms with E-state index in [1.165, 1.54) is 4.68 Å². The number of carbonyl (C=O) groups excluding carboxylic acids is 1. The Bertz CT molecular complexity index is 714. The maximum Gasteiger partial charge on any atom is 0.295 e. The van der Waals surface area contributed by atoms with Gasteiger partial charge in [-0.05, 0) is 32.4 Å². The van der Waals surface area contributed by atoms with Gasteiger partial charge in [0, 0.05) is 19.5 Å². The first-order chi connectivity index (χ1) is 10.4. The molecule has 6 heteroatoms. The van der Waals surface area contributed by atoms with Crippen molar-refractivity contribution in [1.82, 2.24) is 9.36 Å². The van der Waals surface area contributed by atoms with Crippen LogP contribution in [-0.4, -0.2) is 21.3 Å². The fourth-order valence-corrected chi connectivity index (χ4v) is 2.27. The van der Waals surface area contributed by atoms with E-state index >= 15 is 0 Å². The van der Waals surface area contributed by atoms with Gasteiger partial charge in [0.05, 0.1) is 11.4 Å². The fraction of sp³-hybridized carbons (Fsp3) is 0.375. The first-order valence-corrected chi connectivity index (χ1v) is 7.31. The number of nitrogens with two attached hydrogens (primary N) is 1. The lowest BCUT2D eigenvalue weighted by Gasteiger charge is -2.07. The van der Waals surface area contributed by atoms with E-state index in [1.807, 2.05) is 44.2 Å². The smallest absolute Gasteiger partial charge is 0.295 e. The van der Waals surface area contributed by atoms with Crippen LogP contribution in [0.5, 0.6) is 0 Å². The summed E-state index contributed by atoms with van der Waals surface area (Å²) in [5.41, 5.74) is 7.20. The maximum absolute atomic E-state index is 12.6. The Morgan fingerprint density at radius 2 is 1.95 bits per heavy atom. The van der Waals surface area contributed by atoms with E-state index in [1.54, 1.807) is 11.7 Å². The van der Waals surface area contributed by atoms with Crippen molar-refractivity contribution in [3.63, 3.8) is 0 Å². The van der Waals surface area contributed by atoms with Gasteiger partial charge in [0.15, 0.2) is 0 Å². The molecule has 2 rings (SSSR count). The highest BCUT2D eigenvalue weighted by molar-refractivity contribution is 5.91. The van der Waals surface area contributed by atoms with Gasteiger partial charge in [-0.25, -0.2) is 4.68 Å². The minimum atomic E-state index is -0.236. The van der Waals surface area contributed by atoms with Crippen molar-refractivity contribution >= 4 is 11.6 Å². The highest BCUT2D eigenvalue weighted by atomic mass is 16.2. The third kappa shape index (κ3) is 3.28. The van der Waals surface area contributed by atoms with Gasteiger partial charge in [-0.1, -0.05) is 18.2 Å². The van der Waals surface area contributed by atoms with Gasteiger partial charge in [0.1, 0.15) is 5.69 Å². The van der Waals surface area contributed by atoms with Gasteiger partial charge in [-0.3, -0.25) is 14.3 Å². The SMILES string of the molecule is Cc1c(NC(=O)CCC(C)N)c(=O)n(-c2ccccc2)n1C. The lowest BCUT2D eigenvalue weighted by Crippen LogP contribution is -2.24. The van der Waals surface area contributed by atoms with Crippen molar-refractivity contribution in [3.05, 3.63) is 46.4 Å². The molecule has 1 amide bonds. The average Bonchev–Trinajstić information content (AvgIpc) is 2.70. The topological polar surface area (TPSA) is 82.1 Å². The molecular formula is C16H22N4O2. The highest BCUT2D eigenvalue weighted by Gasteiger charge is 2.17.